The van der Waals surface area contributed by atoms with Crippen LogP contribution in [0, 0.1) is 17.8 Å². The molecule has 0 amide bonds. The van der Waals surface area contributed by atoms with Crippen LogP contribution in [0.25, 0.3) is 0 Å². The van der Waals surface area contributed by atoms with E-state index in [2.05, 4.69) is 44.3 Å². The first-order chi connectivity index (χ1) is 9.63. The summed E-state index contributed by atoms with van der Waals surface area (Å²) in [6.45, 7) is 7.18. The van der Waals surface area contributed by atoms with Gasteiger partial charge in [0.1, 0.15) is 0 Å². The Morgan fingerprint density at radius 3 is 2.70 bits per heavy atom. The van der Waals surface area contributed by atoms with E-state index in [9.17, 15) is 0 Å². The molecular weight excluding hydrogens is 242 g/mol. The number of hydrogen-bond acceptors (Lipinski definition) is 1. The second-order valence-electron chi connectivity index (χ2n) is 7.41. The molecule has 110 valence electrons. The van der Waals surface area contributed by atoms with Crippen molar-refractivity contribution < 1.29 is 0 Å². The molecule has 3 rings (SSSR count). The Morgan fingerprint density at radius 1 is 1.10 bits per heavy atom. The Morgan fingerprint density at radius 2 is 1.90 bits per heavy atom. The van der Waals surface area contributed by atoms with Crippen molar-refractivity contribution in [2.24, 2.45) is 17.8 Å². The van der Waals surface area contributed by atoms with Gasteiger partial charge in [-0.3, -0.25) is 0 Å². The van der Waals surface area contributed by atoms with Crippen LogP contribution in [0.3, 0.4) is 0 Å². The van der Waals surface area contributed by atoms with Crippen LogP contribution in [0.2, 0.25) is 0 Å². The van der Waals surface area contributed by atoms with Gasteiger partial charge in [-0.05, 0) is 73.1 Å². The Bertz CT molecular complexity index is 463. The van der Waals surface area contributed by atoms with E-state index in [0.29, 0.717) is 6.04 Å². The van der Waals surface area contributed by atoms with Gasteiger partial charge in [-0.2, -0.15) is 0 Å². The van der Waals surface area contributed by atoms with Gasteiger partial charge in [-0.15, -0.1) is 0 Å². The predicted molar refractivity (Wildman–Crippen MR) is 87.2 cm³/mol. The van der Waals surface area contributed by atoms with E-state index in [-0.39, 0.29) is 0 Å². The third-order valence-corrected chi connectivity index (χ3v) is 5.47. The first kappa shape index (κ1) is 14.0. The van der Waals surface area contributed by atoms with Crippen LogP contribution in [0.15, 0.2) is 18.2 Å². The predicted octanol–water partition coefficient (Wildman–Crippen LogP) is 5.05. The minimum atomic E-state index is 0.665. The van der Waals surface area contributed by atoms with E-state index in [1.165, 1.54) is 44.2 Å². The minimum Gasteiger partial charge on any atom is -0.382 e. The number of hydrogen-bond donors (Lipinski definition) is 1. The van der Waals surface area contributed by atoms with Gasteiger partial charge in [0.15, 0.2) is 0 Å². The number of rotatable bonds is 3. The van der Waals surface area contributed by atoms with Gasteiger partial charge in [0.05, 0.1) is 0 Å². The van der Waals surface area contributed by atoms with Crippen molar-refractivity contribution in [1.82, 2.24) is 0 Å². The van der Waals surface area contributed by atoms with Gasteiger partial charge < -0.3 is 5.32 Å². The molecule has 2 aliphatic carbocycles. The lowest BCUT2D eigenvalue weighted by atomic mass is 9.74. The molecule has 1 N–H and O–H groups in total. The fourth-order valence-corrected chi connectivity index (χ4v) is 4.24. The van der Waals surface area contributed by atoms with E-state index in [1.54, 1.807) is 11.1 Å². The van der Waals surface area contributed by atoms with Crippen molar-refractivity contribution in [3.05, 3.63) is 29.3 Å². The molecule has 0 bridgehead atoms. The van der Waals surface area contributed by atoms with Crippen molar-refractivity contribution in [1.29, 1.82) is 0 Å². The summed E-state index contributed by atoms with van der Waals surface area (Å²) in [5, 5.41) is 3.87. The Balaban J connectivity index is 1.74. The van der Waals surface area contributed by atoms with Crippen LogP contribution in [-0.2, 0) is 12.8 Å². The normalized spacial score (nSPS) is 29.5. The van der Waals surface area contributed by atoms with E-state index in [4.69, 9.17) is 0 Å². The summed E-state index contributed by atoms with van der Waals surface area (Å²) in [5.74, 6) is 2.49. The molecule has 0 radical (unpaired) electrons. The van der Waals surface area contributed by atoms with Crippen molar-refractivity contribution in [2.75, 3.05) is 5.32 Å². The maximum Gasteiger partial charge on any atom is 0.0345 e. The van der Waals surface area contributed by atoms with Crippen LogP contribution < -0.4 is 5.32 Å². The van der Waals surface area contributed by atoms with Gasteiger partial charge in [0, 0.05) is 11.7 Å². The smallest absolute Gasteiger partial charge is 0.0345 e. The molecule has 0 heterocycles. The Labute approximate surface area is 124 Å². The maximum absolute atomic E-state index is 3.87. The highest BCUT2D eigenvalue weighted by Crippen LogP contribution is 2.35. The quantitative estimate of drug-likeness (QED) is 0.811. The SMILES string of the molecule is CC1CCC(C(C)C)C(Nc2ccc3c(c2)CCC3)C1. The molecule has 20 heavy (non-hydrogen) atoms. The number of aryl methyl sites for hydroxylation is 2. The van der Waals surface area contributed by atoms with Crippen molar-refractivity contribution >= 4 is 5.69 Å². The number of anilines is 1. The number of benzene rings is 1. The molecule has 0 saturated heterocycles. The topological polar surface area (TPSA) is 12.0 Å². The summed E-state index contributed by atoms with van der Waals surface area (Å²) >= 11 is 0. The zero-order valence-corrected chi connectivity index (χ0v) is 13.3. The van der Waals surface area contributed by atoms with Crippen molar-refractivity contribution in [3.8, 4) is 0 Å². The highest BCUT2D eigenvalue weighted by Gasteiger charge is 2.30. The van der Waals surface area contributed by atoms with Gasteiger partial charge in [0.25, 0.3) is 0 Å². The van der Waals surface area contributed by atoms with Gasteiger partial charge in [-0.25, -0.2) is 0 Å². The number of fused-ring (bicyclic) bond motifs is 1. The second kappa shape index (κ2) is 5.79. The van der Waals surface area contributed by atoms with E-state index in [1.807, 2.05) is 0 Å². The zero-order chi connectivity index (χ0) is 14.1. The van der Waals surface area contributed by atoms with Crippen LogP contribution >= 0.6 is 0 Å². The third kappa shape index (κ3) is 2.87. The highest BCUT2D eigenvalue weighted by molar-refractivity contribution is 5.50. The molecule has 1 nitrogen and oxygen atoms in total. The standard InChI is InChI=1S/C19H29N/c1-13(2)18-10-7-14(3)11-19(18)20-17-9-8-15-5-4-6-16(15)12-17/h8-9,12-14,18-20H,4-7,10-11H2,1-3H3. The van der Waals surface area contributed by atoms with Crippen LogP contribution in [0.1, 0.15) is 57.6 Å². The third-order valence-electron chi connectivity index (χ3n) is 5.47. The van der Waals surface area contributed by atoms with E-state index < -0.39 is 0 Å². The first-order valence-corrected chi connectivity index (χ1v) is 8.52. The Kier molecular flexibility index (Phi) is 4.05. The van der Waals surface area contributed by atoms with Crippen molar-refractivity contribution in [2.45, 2.75) is 65.3 Å². The minimum absolute atomic E-state index is 0.665. The molecular formula is C19H29N. The van der Waals surface area contributed by atoms with E-state index >= 15 is 0 Å². The number of nitrogens with one attached hydrogen (secondary N) is 1. The second-order valence-corrected chi connectivity index (χ2v) is 7.41. The Hall–Kier alpha value is -0.980. The molecule has 0 spiro atoms. The fourth-order valence-electron chi connectivity index (χ4n) is 4.24. The summed E-state index contributed by atoms with van der Waals surface area (Å²) in [7, 11) is 0. The molecule has 3 atom stereocenters. The lowest BCUT2D eigenvalue weighted by molar-refractivity contribution is 0.212. The molecule has 1 saturated carbocycles. The summed E-state index contributed by atoms with van der Waals surface area (Å²) in [6.07, 6.45) is 8.03. The molecule has 0 aromatic heterocycles. The largest absolute Gasteiger partial charge is 0.382 e. The van der Waals surface area contributed by atoms with Gasteiger partial charge in [0.2, 0.25) is 0 Å². The maximum atomic E-state index is 3.87. The first-order valence-electron chi connectivity index (χ1n) is 8.52. The molecule has 2 aliphatic rings. The summed E-state index contributed by atoms with van der Waals surface area (Å²) in [6, 6.07) is 7.74. The fraction of sp³-hybridized carbons (Fsp3) is 0.684. The lowest BCUT2D eigenvalue weighted by Crippen LogP contribution is -2.37. The average Bonchev–Trinajstić information content (AvgIpc) is 2.85. The van der Waals surface area contributed by atoms with E-state index in [0.717, 1.165) is 17.8 Å². The van der Waals surface area contributed by atoms with Crippen molar-refractivity contribution in [3.63, 3.8) is 0 Å². The molecule has 0 aliphatic heterocycles. The molecule has 1 aromatic rings. The average molecular weight is 271 g/mol. The molecule has 1 aromatic carbocycles. The zero-order valence-electron chi connectivity index (χ0n) is 13.3. The van der Waals surface area contributed by atoms with Crippen LogP contribution in [-0.4, -0.2) is 6.04 Å². The summed E-state index contributed by atoms with van der Waals surface area (Å²) in [5.41, 5.74) is 4.52. The molecule has 3 unspecified atom stereocenters. The highest BCUT2D eigenvalue weighted by atomic mass is 14.9. The monoisotopic (exact) mass is 271 g/mol. The van der Waals surface area contributed by atoms with Gasteiger partial charge in [-0.1, -0.05) is 33.3 Å². The summed E-state index contributed by atoms with van der Waals surface area (Å²) < 4.78 is 0. The van der Waals surface area contributed by atoms with Crippen LogP contribution in [0.5, 0.6) is 0 Å². The summed E-state index contributed by atoms with van der Waals surface area (Å²) in [4.78, 5) is 0. The van der Waals surface area contributed by atoms with Crippen LogP contribution in [0.4, 0.5) is 5.69 Å². The molecule has 1 heteroatoms. The molecule has 1 fully saturated rings. The van der Waals surface area contributed by atoms with Gasteiger partial charge >= 0.3 is 0 Å². The lowest BCUT2D eigenvalue weighted by Gasteiger charge is -2.38.